The number of phenols is 1. The minimum absolute atomic E-state index is 0.114. The molecule has 0 heterocycles. The Labute approximate surface area is 155 Å². The van der Waals surface area contributed by atoms with Crippen molar-refractivity contribution in [2.45, 2.75) is 26.7 Å². The van der Waals surface area contributed by atoms with Crippen LogP contribution in [0.3, 0.4) is 0 Å². The molecule has 0 aromatic heterocycles. The van der Waals surface area contributed by atoms with E-state index in [0.717, 1.165) is 4.47 Å². The Bertz CT molecular complexity index is 788. The summed E-state index contributed by atoms with van der Waals surface area (Å²) < 4.78 is 6.32. The van der Waals surface area contributed by atoms with Crippen LogP contribution in [0.15, 0.2) is 52.0 Å². The molecule has 0 radical (unpaired) electrons. The van der Waals surface area contributed by atoms with Crippen molar-refractivity contribution in [3.05, 3.63) is 58.1 Å². The highest BCUT2D eigenvalue weighted by atomic mass is 79.9. The summed E-state index contributed by atoms with van der Waals surface area (Å²) in [6, 6.07) is 12.6. The lowest BCUT2D eigenvalue weighted by atomic mass is 10.0. The van der Waals surface area contributed by atoms with Crippen LogP contribution in [-0.4, -0.2) is 23.3 Å². The van der Waals surface area contributed by atoms with Crippen molar-refractivity contribution in [2.24, 2.45) is 5.10 Å². The second kappa shape index (κ2) is 8.67. The van der Waals surface area contributed by atoms with Crippen molar-refractivity contribution in [1.82, 2.24) is 5.43 Å². The number of carbonyl (C=O) groups is 1. The molecule has 0 atom stereocenters. The maximum Gasteiger partial charge on any atom is 0.277 e. The van der Waals surface area contributed by atoms with Gasteiger partial charge in [-0.2, -0.15) is 5.10 Å². The van der Waals surface area contributed by atoms with Crippen LogP contribution in [0, 0.1) is 0 Å². The number of ether oxygens (including phenoxy) is 1. The lowest BCUT2D eigenvalue weighted by molar-refractivity contribution is -0.123. The lowest BCUT2D eigenvalue weighted by Gasteiger charge is -2.11. The van der Waals surface area contributed by atoms with E-state index in [-0.39, 0.29) is 18.3 Å². The van der Waals surface area contributed by atoms with Crippen LogP contribution in [0.4, 0.5) is 0 Å². The van der Waals surface area contributed by atoms with E-state index >= 15 is 0 Å². The third kappa shape index (κ3) is 5.32. The molecule has 132 valence electrons. The van der Waals surface area contributed by atoms with Gasteiger partial charge in [-0.05, 0) is 58.6 Å². The first-order valence-corrected chi connectivity index (χ1v) is 8.71. The number of carbonyl (C=O) groups excluding carboxylic acids is 1. The maximum absolute atomic E-state index is 11.9. The third-order valence-corrected chi connectivity index (χ3v) is 4.24. The summed E-state index contributed by atoms with van der Waals surface area (Å²) in [7, 11) is 0. The summed E-state index contributed by atoms with van der Waals surface area (Å²) >= 11 is 3.45. The van der Waals surface area contributed by atoms with Gasteiger partial charge in [-0.1, -0.05) is 32.0 Å². The average Bonchev–Trinajstić information content (AvgIpc) is 2.58. The number of nitrogens with one attached hydrogen (secondary N) is 1. The maximum atomic E-state index is 11.9. The minimum Gasteiger partial charge on any atom is -0.507 e. The number of phenolic OH excluding ortho intramolecular Hbond substituents is 1. The summed E-state index contributed by atoms with van der Waals surface area (Å²) in [5.74, 6) is 0.749. The van der Waals surface area contributed by atoms with Crippen molar-refractivity contribution < 1.29 is 14.6 Å². The zero-order valence-electron chi connectivity index (χ0n) is 14.4. The van der Waals surface area contributed by atoms with Crippen LogP contribution in [0.25, 0.3) is 0 Å². The molecule has 2 N–H and O–H groups in total. The van der Waals surface area contributed by atoms with Gasteiger partial charge in [0.1, 0.15) is 11.5 Å². The van der Waals surface area contributed by atoms with Crippen molar-refractivity contribution in [1.29, 1.82) is 0 Å². The fourth-order valence-corrected chi connectivity index (χ4v) is 2.67. The molecule has 2 aromatic carbocycles. The highest BCUT2D eigenvalue weighted by molar-refractivity contribution is 9.10. The molecule has 0 fully saturated rings. The first-order chi connectivity index (χ1) is 11.9. The number of amides is 1. The van der Waals surface area contributed by atoms with E-state index in [1.54, 1.807) is 31.2 Å². The first kappa shape index (κ1) is 19.0. The number of benzene rings is 2. The highest BCUT2D eigenvalue weighted by Crippen LogP contribution is 2.28. The fraction of sp³-hybridized carbons (Fsp3) is 0.263. The van der Waals surface area contributed by atoms with E-state index in [9.17, 15) is 9.90 Å². The normalized spacial score (nSPS) is 11.5. The third-order valence-electron chi connectivity index (χ3n) is 3.62. The van der Waals surface area contributed by atoms with Gasteiger partial charge in [0.05, 0.1) is 10.2 Å². The van der Waals surface area contributed by atoms with Gasteiger partial charge in [-0.15, -0.1) is 0 Å². The summed E-state index contributed by atoms with van der Waals surface area (Å²) in [6.45, 7) is 5.77. The van der Waals surface area contributed by atoms with Crippen LogP contribution >= 0.6 is 15.9 Å². The SMILES string of the molecule is CC(=NNC(=O)COc1ccc(C(C)C)cc1Br)c1ccccc1O. The number of hydrogen-bond acceptors (Lipinski definition) is 4. The molecule has 2 aromatic rings. The van der Waals surface area contributed by atoms with Crippen molar-refractivity contribution in [2.75, 3.05) is 6.61 Å². The second-order valence-electron chi connectivity index (χ2n) is 5.88. The van der Waals surface area contributed by atoms with Gasteiger partial charge in [0.25, 0.3) is 5.91 Å². The van der Waals surface area contributed by atoms with Gasteiger partial charge in [0, 0.05) is 5.56 Å². The van der Waals surface area contributed by atoms with Crippen LogP contribution in [0.2, 0.25) is 0 Å². The lowest BCUT2D eigenvalue weighted by Crippen LogP contribution is -2.25. The standard InChI is InChI=1S/C19H21BrN2O3/c1-12(2)14-8-9-18(16(20)10-14)25-11-19(24)22-21-13(3)15-6-4-5-7-17(15)23/h4-10,12,23H,11H2,1-3H3,(H,22,24). The fourth-order valence-electron chi connectivity index (χ4n) is 2.15. The Hall–Kier alpha value is -2.34. The molecule has 1 amide bonds. The van der Waals surface area contributed by atoms with Crippen LogP contribution < -0.4 is 10.2 Å². The molecule has 0 unspecified atom stereocenters. The Morgan fingerprint density at radius 3 is 2.64 bits per heavy atom. The van der Waals surface area contributed by atoms with Crippen LogP contribution in [-0.2, 0) is 4.79 Å². The van der Waals surface area contributed by atoms with Crippen LogP contribution in [0.5, 0.6) is 11.5 Å². The number of para-hydroxylation sites is 1. The smallest absolute Gasteiger partial charge is 0.277 e. The van der Waals surface area contributed by atoms with E-state index in [1.807, 2.05) is 18.2 Å². The van der Waals surface area contributed by atoms with E-state index in [0.29, 0.717) is 22.9 Å². The van der Waals surface area contributed by atoms with Crippen molar-refractivity contribution in [3.63, 3.8) is 0 Å². The van der Waals surface area contributed by atoms with E-state index in [2.05, 4.69) is 40.3 Å². The molecule has 0 saturated heterocycles. The molecule has 0 aliphatic rings. The van der Waals surface area contributed by atoms with Gasteiger partial charge < -0.3 is 9.84 Å². The second-order valence-corrected chi connectivity index (χ2v) is 6.74. The summed E-state index contributed by atoms with van der Waals surface area (Å²) in [4.78, 5) is 11.9. The summed E-state index contributed by atoms with van der Waals surface area (Å²) in [6.07, 6.45) is 0. The zero-order valence-corrected chi connectivity index (χ0v) is 16.0. The Morgan fingerprint density at radius 2 is 2.00 bits per heavy atom. The largest absolute Gasteiger partial charge is 0.507 e. The minimum atomic E-state index is -0.380. The van der Waals surface area contributed by atoms with Crippen LogP contribution in [0.1, 0.15) is 37.8 Å². The summed E-state index contributed by atoms with van der Waals surface area (Å²) in [5, 5.41) is 13.8. The van der Waals surface area contributed by atoms with E-state index in [4.69, 9.17) is 4.74 Å². The van der Waals surface area contributed by atoms with Gasteiger partial charge in [0.2, 0.25) is 0 Å². The highest BCUT2D eigenvalue weighted by Gasteiger charge is 2.09. The Kier molecular flexibility index (Phi) is 6.58. The number of aromatic hydroxyl groups is 1. The predicted octanol–water partition coefficient (Wildman–Crippen LogP) is 4.20. The molecule has 0 saturated carbocycles. The number of nitrogens with zero attached hydrogens (tertiary/aromatic N) is 1. The topological polar surface area (TPSA) is 70.9 Å². The van der Waals surface area contributed by atoms with Gasteiger partial charge in [-0.25, -0.2) is 5.43 Å². The zero-order chi connectivity index (χ0) is 18.4. The van der Waals surface area contributed by atoms with Crippen molar-refractivity contribution >= 4 is 27.5 Å². The number of halogens is 1. The first-order valence-electron chi connectivity index (χ1n) is 7.92. The van der Waals surface area contributed by atoms with Gasteiger partial charge in [0.15, 0.2) is 6.61 Å². The molecule has 2 rings (SSSR count). The molecular weight excluding hydrogens is 384 g/mol. The van der Waals surface area contributed by atoms with Gasteiger partial charge in [-0.3, -0.25) is 4.79 Å². The monoisotopic (exact) mass is 404 g/mol. The quantitative estimate of drug-likeness (QED) is 0.559. The predicted molar refractivity (Wildman–Crippen MR) is 102 cm³/mol. The molecule has 5 nitrogen and oxygen atoms in total. The molecule has 6 heteroatoms. The molecule has 0 aliphatic carbocycles. The molecule has 25 heavy (non-hydrogen) atoms. The molecule has 0 bridgehead atoms. The van der Waals surface area contributed by atoms with Crippen molar-refractivity contribution in [3.8, 4) is 11.5 Å². The average molecular weight is 405 g/mol. The van der Waals surface area contributed by atoms with E-state index in [1.165, 1.54) is 5.56 Å². The Morgan fingerprint density at radius 1 is 1.28 bits per heavy atom. The number of hydrazone groups is 1. The molecule has 0 aliphatic heterocycles. The summed E-state index contributed by atoms with van der Waals surface area (Å²) in [5.41, 5.74) is 4.69. The number of hydrogen-bond donors (Lipinski definition) is 2. The van der Waals surface area contributed by atoms with E-state index < -0.39 is 0 Å². The Balaban J connectivity index is 1.93. The number of rotatable bonds is 6. The van der Waals surface area contributed by atoms with Gasteiger partial charge >= 0.3 is 0 Å². The molecule has 0 spiro atoms. The molecular formula is C19H21BrN2O3.